The van der Waals surface area contributed by atoms with E-state index in [1.165, 1.54) is 15.8 Å². The number of thiophene rings is 2. The smallest absolute Gasteiger partial charge is 0.123 e. The van der Waals surface area contributed by atoms with Gasteiger partial charge in [0, 0.05) is 14.5 Å². The molecular weight excluding hydrogens is 277 g/mol. The zero-order valence-corrected chi connectivity index (χ0v) is 12.2. The van der Waals surface area contributed by atoms with Gasteiger partial charge in [-0.15, -0.1) is 22.7 Å². The zero-order valence-electron chi connectivity index (χ0n) is 10.5. The van der Waals surface area contributed by atoms with E-state index in [0.29, 0.717) is 0 Å². The second kappa shape index (κ2) is 5.41. The first kappa shape index (κ1) is 12.8. The van der Waals surface area contributed by atoms with Crippen LogP contribution in [0.25, 0.3) is 10.1 Å². The van der Waals surface area contributed by atoms with Gasteiger partial charge in [-0.05, 0) is 47.6 Å². The van der Waals surface area contributed by atoms with Crippen LogP contribution in [0.15, 0.2) is 41.8 Å². The third-order valence-electron chi connectivity index (χ3n) is 3.02. The number of benzene rings is 1. The first-order chi connectivity index (χ1) is 9.28. The molecule has 1 unspecified atom stereocenters. The van der Waals surface area contributed by atoms with Gasteiger partial charge in [-0.25, -0.2) is 4.39 Å². The van der Waals surface area contributed by atoms with Crippen molar-refractivity contribution in [3.63, 3.8) is 0 Å². The summed E-state index contributed by atoms with van der Waals surface area (Å²) in [5.41, 5.74) is 0. The fourth-order valence-corrected chi connectivity index (χ4v) is 4.21. The van der Waals surface area contributed by atoms with Gasteiger partial charge in [0.2, 0.25) is 0 Å². The SMILES string of the molecule is CCNC(c1cccs1)c1cc2cc(F)ccc2s1. The molecule has 4 heteroatoms. The molecule has 0 fully saturated rings. The van der Waals surface area contributed by atoms with Crippen LogP contribution in [0.4, 0.5) is 4.39 Å². The van der Waals surface area contributed by atoms with Crippen LogP contribution in [0, 0.1) is 5.82 Å². The predicted octanol–water partition coefficient (Wildman–Crippen LogP) is 4.80. The molecular formula is C15H14FNS2. The number of rotatable bonds is 4. The Morgan fingerprint density at radius 1 is 1.21 bits per heavy atom. The molecule has 0 saturated carbocycles. The van der Waals surface area contributed by atoms with E-state index in [1.807, 2.05) is 6.07 Å². The van der Waals surface area contributed by atoms with Crippen LogP contribution in [0.1, 0.15) is 22.7 Å². The van der Waals surface area contributed by atoms with Crippen LogP contribution in [0.2, 0.25) is 0 Å². The van der Waals surface area contributed by atoms with Crippen LogP contribution in [-0.2, 0) is 0 Å². The predicted molar refractivity (Wildman–Crippen MR) is 81.6 cm³/mol. The van der Waals surface area contributed by atoms with Gasteiger partial charge in [0.05, 0.1) is 6.04 Å². The standard InChI is InChI=1S/C15H14FNS2/c1-2-17-15(13-4-3-7-18-13)14-9-10-8-11(16)5-6-12(10)19-14/h3-9,15,17H,2H2,1H3. The van der Waals surface area contributed by atoms with Gasteiger partial charge < -0.3 is 5.32 Å². The molecule has 1 nitrogen and oxygen atoms in total. The fourth-order valence-electron chi connectivity index (χ4n) is 2.18. The third-order valence-corrected chi connectivity index (χ3v) is 5.14. The lowest BCUT2D eigenvalue weighted by molar-refractivity contribution is 0.629. The second-order valence-corrected chi connectivity index (χ2v) is 6.43. The van der Waals surface area contributed by atoms with E-state index in [0.717, 1.165) is 16.6 Å². The summed E-state index contributed by atoms with van der Waals surface area (Å²) in [6.45, 7) is 3.01. The topological polar surface area (TPSA) is 12.0 Å². The van der Waals surface area contributed by atoms with E-state index < -0.39 is 0 Å². The minimum Gasteiger partial charge on any atom is -0.305 e. The second-order valence-electron chi connectivity index (χ2n) is 4.34. The minimum absolute atomic E-state index is 0.173. The van der Waals surface area contributed by atoms with Crippen LogP contribution >= 0.6 is 22.7 Å². The van der Waals surface area contributed by atoms with Gasteiger partial charge in [0.15, 0.2) is 0 Å². The lowest BCUT2D eigenvalue weighted by atomic mass is 10.1. The number of nitrogens with one attached hydrogen (secondary N) is 1. The van der Waals surface area contributed by atoms with E-state index in [1.54, 1.807) is 28.7 Å². The van der Waals surface area contributed by atoms with Crippen molar-refractivity contribution >= 4 is 32.8 Å². The molecule has 3 rings (SSSR count). The highest BCUT2D eigenvalue weighted by Gasteiger charge is 2.16. The van der Waals surface area contributed by atoms with Gasteiger partial charge in [0.25, 0.3) is 0 Å². The quantitative estimate of drug-likeness (QED) is 0.728. The average Bonchev–Trinajstić information content (AvgIpc) is 3.04. The van der Waals surface area contributed by atoms with Crippen molar-refractivity contribution < 1.29 is 4.39 Å². The molecule has 1 N–H and O–H groups in total. The first-order valence-electron chi connectivity index (χ1n) is 6.23. The van der Waals surface area contributed by atoms with Crippen molar-refractivity contribution in [1.29, 1.82) is 0 Å². The summed E-state index contributed by atoms with van der Waals surface area (Å²) in [6.07, 6.45) is 0. The number of halogens is 1. The van der Waals surface area contributed by atoms with E-state index in [2.05, 4.69) is 35.8 Å². The largest absolute Gasteiger partial charge is 0.305 e. The molecule has 1 atom stereocenters. The Hall–Kier alpha value is -1.23. The summed E-state index contributed by atoms with van der Waals surface area (Å²) in [6, 6.07) is 11.5. The molecule has 98 valence electrons. The molecule has 0 radical (unpaired) electrons. The Labute approximate surface area is 119 Å². The third kappa shape index (κ3) is 2.56. The Morgan fingerprint density at radius 3 is 2.84 bits per heavy atom. The molecule has 0 aliphatic heterocycles. The Balaban J connectivity index is 2.05. The van der Waals surface area contributed by atoms with Gasteiger partial charge in [0.1, 0.15) is 5.82 Å². The van der Waals surface area contributed by atoms with E-state index >= 15 is 0 Å². The highest BCUT2D eigenvalue weighted by molar-refractivity contribution is 7.19. The molecule has 19 heavy (non-hydrogen) atoms. The zero-order chi connectivity index (χ0) is 13.2. The minimum atomic E-state index is -0.173. The molecule has 0 aliphatic rings. The van der Waals surface area contributed by atoms with Crippen molar-refractivity contribution in [2.24, 2.45) is 0 Å². The van der Waals surface area contributed by atoms with Crippen molar-refractivity contribution in [3.05, 3.63) is 57.3 Å². The molecule has 0 aliphatic carbocycles. The molecule has 0 amide bonds. The normalized spacial score (nSPS) is 12.9. The monoisotopic (exact) mass is 291 g/mol. The molecule has 3 aromatic rings. The van der Waals surface area contributed by atoms with Crippen LogP contribution in [-0.4, -0.2) is 6.54 Å². The van der Waals surface area contributed by atoms with Crippen LogP contribution in [0.5, 0.6) is 0 Å². The molecule has 0 saturated heterocycles. The Bertz CT molecular complexity index is 673. The summed E-state index contributed by atoms with van der Waals surface area (Å²) in [4.78, 5) is 2.54. The number of fused-ring (bicyclic) bond motifs is 1. The van der Waals surface area contributed by atoms with Crippen LogP contribution in [0.3, 0.4) is 0 Å². The fraction of sp³-hybridized carbons (Fsp3) is 0.200. The summed E-state index contributed by atoms with van der Waals surface area (Å²) in [5, 5.41) is 6.58. The Kier molecular flexibility index (Phi) is 3.64. The van der Waals surface area contributed by atoms with E-state index in [4.69, 9.17) is 0 Å². The van der Waals surface area contributed by atoms with Gasteiger partial charge >= 0.3 is 0 Å². The number of hydrogen-bond donors (Lipinski definition) is 1. The maximum Gasteiger partial charge on any atom is 0.123 e. The van der Waals surface area contributed by atoms with Gasteiger partial charge in [-0.3, -0.25) is 0 Å². The Morgan fingerprint density at radius 2 is 2.11 bits per heavy atom. The maximum atomic E-state index is 13.3. The van der Waals surface area contributed by atoms with Gasteiger partial charge in [-0.1, -0.05) is 13.0 Å². The maximum absolute atomic E-state index is 13.3. The average molecular weight is 291 g/mol. The summed E-state index contributed by atoms with van der Waals surface area (Å²) >= 11 is 3.48. The lowest BCUT2D eigenvalue weighted by Crippen LogP contribution is -2.19. The molecule has 2 heterocycles. The van der Waals surface area contributed by atoms with Crippen molar-refractivity contribution in [3.8, 4) is 0 Å². The summed E-state index contributed by atoms with van der Waals surface area (Å²) in [5.74, 6) is -0.173. The molecule has 0 bridgehead atoms. The van der Waals surface area contributed by atoms with Crippen molar-refractivity contribution in [1.82, 2.24) is 5.32 Å². The lowest BCUT2D eigenvalue weighted by Gasteiger charge is -2.14. The van der Waals surface area contributed by atoms with E-state index in [9.17, 15) is 4.39 Å². The first-order valence-corrected chi connectivity index (χ1v) is 7.93. The number of hydrogen-bond acceptors (Lipinski definition) is 3. The van der Waals surface area contributed by atoms with Crippen molar-refractivity contribution in [2.75, 3.05) is 6.54 Å². The summed E-state index contributed by atoms with van der Waals surface area (Å²) in [7, 11) is 0. The summed E-state index contributed by atoms with van der Waals surface area (Å²) < 4.78 is 14.4. The van der Waals surface area contributed by atoms with Gasteiger partial charge in [-0.2, -0.15) is 0 Å². The van der Waals surface area contributed by atoms with Crippen LogP contribution < -0.4 is 5.32 Å². The molecule has 1 aromatic carbocycles. The van der Waals surface area contributed by atoms with Crippen molar-refractivity contribution in [2.45, 2.75) is 13.0 Å². The van der Waals surface area contributed by atoms with E-state index in [-0.39, 0.29) is 11.9 Å². The highest BCUT2D eigenvalue weighted by atomic mass is 32.1. The highest BCUT2D eigenvalue weighted by Crippen LogP contribution is 2.35. The molecule has 2 aromatic heterocycles. The molecule has 0 spiro atoms.